The third-order valence-corrected chi connectivity index (χ3v) is 3.14. The topological polar surface area (TPSA) is 21.3 Å². The number of hydrogen-bond acceptors (Lipinski definition) is 2. The number of ether oxygens (including phenoxy) is 1. The van der Waals surface area contributed by atoms with Gasteiger partial charge in [-0.05, 0) is 43.3 Å². The molecule has 0 amide bonds. The molecule has 0 radical (unpaired) electrons. The maximum absolute atomic E-state index is 6.05. The molecule has 0 saturated carbocycles. The largest absolute Gasteiger partial charge is 0.457 e. The number of hydrogen-bond donors (Lipinski definition) is 1. The zero-order valence-corrected chi connectivity index (χ0v) is 12.0. The normalized spacial score (nSPS) is 10.5. The van der Waals surface area contributed by atoms with E-state index in [2.05, 4.69) is 12.2 Å². The highest BCUT2D eigenvalue weighted by molar-refractivity contribution is 6.30. The first-order valence-electron chi connectivity index (χ1n) is 6.43. The molecule has 0 fully saturated rings. The van der Waals surface area contributed by atoms with Crippen LogP contribution < -0.4 is 10.1 Å². The van der Waals surface area contributed by atoms with E-state index in [1.807, 2.05) is 49.4 Å². The number of aryl methyl sites for hydroxylation is 1. The van der Waals surface area contributed by atoms with E-state index in [1.165, 1.54) is 0 Å². The van der Waals surface area contributed by atoms with E-state index in [1.54, 1.807) is 0 Å². The predicted molar refractivity (Wildman–Crippen MR) is 80.1 cm³/mol. The van der Waals surface area contributed by atoms with Crippen molar-refractivity contribution >= 4 is 11.6 Å². The second-order valence-corrected chi connectivity index (χ2v) is 4.84. The second kappa shape index (κ2) is 6.60. The van der Waals surface area contributed by atoms with Crippen LogP contribution in [-0.4, -0.2) is 6.54 Å². The zero-order chi connectivity index (χ0) is 13.7. The molecular weight excluding hydrogens is 258 g/mol. The van der Waals surface area contributed by atoms with Gasteiger partial charge in [0.05, 0.1) is 0 Å². The summed E-state index contributed by atoms with van der Waals surface area (Å²) in [6.45, 7) is 5.77. The Hall–Kier alpha value is -1.51. The van der Waals surface area contributed by atoms with E-state index < -0.39 is 0 Å². The van der Waals surface area contributed by atoms with Gasteiger partial charge < -0.3 is 10.1 Å². The summed E-state index contributed by atoms with van der Waals surface area (Å²) in [6.07, 6.45) is 0. The molecule has 0 aliphatic rings. The van der Waals surface area contributed by atoms with Crippen LogP contribution >= 0.6 is 11.6 Å². The molecule has 0 heterocycles. The maximum Gasteiger partial charge on any atom is 0.132 e. The molecular formula is C16H18ClNO. The summed E-state index contributed by atoms with van der Waals surface area (Å²) in [7, 11) is 0. The summed E-state index contributed by atoms with van der Waals surface area (Å²) in [4.78, 5) is 0. The maximum atomic E-state index is 6.05. The fourth-order valence-electron chi connectivity index (χ4n) is 1.83. The zero-order valence-electron chi connectivity index (χ0n) is 11.2. The Morgan fingerprint density at radius 3 is 2.63 bits per heavy atom. The van der Waals surface area contributed by atoms with E-state index in [0.29, 0.717) is 0 Å². The summed E-state index contributed by atoms with van der Waals surface area (Å²) in [5, 5.41) is 4.02. The fraction of sp³-hybridized carbons (Fsp3) is 0.250. The minimum atomic E-state index is 0.727. The van der Waals surface area contributed by atoms with Crippen LogP contribution in [0.1, 0.15) is 18.1 Å². The average molecular weight is 276 g/mol. The van der Waals surface area contributed by atoms with Crippen LogP contribution in [0.15, 0.2) is 42.5 Å². The molecule has 2 aromatic rings. The molecule has 0 aromatic heterocycles. The fourth-order valence-corrected chi connectivity index (χ4v) is 2.03. The van der Waals surface area contributed by atoms with E-state index in [0.717, 1.165) is 40.7 Å². The van der Waals surface area contributed by atoms with Crippen LogP contribution in [-0.2, 0) is 6.54 Å². The summed E-state index contributed by atoms with van der Waals surface area (Å²) < 4.78 is 5.99. The van der Waals surface area contributed by atoms with Crippen LogP contribution in [0.2, 0.25) is 5.02 Å². The van der Waals surface area contributed by atoms with Crippen molar-refractivity contribution in [3.05, 3.63) is 58.6 Å². The van der Waals surface area contributed by atoms with Crippen molar-refractivity contribution in [2.45, 2.75) is 20.4 Å². The molecule has 19 heavy (non-hydrogen) atoms. The van der Waals surface area contributed by atoms with Crippen molar-refractivity contribution < 1.29 is 4.74 Å². The van der Waals surface area contributed by atoms with Crippen molar-refractivity contribution in [1.82, 2.24) is 5.32 Å². The molecule has 3 heteroatoms. The minimum Gasteiger partial charge on any atom is -0.457 e. The van der Waals surface area contributed by atoms with Crippen LogP contribution in [0, 0.1) is 6.92 Å². The molecule has 0 atom stereocenters. The SMILES string of the molecule is CCNCc1cc(Cl)ccc1Oc1ccccc1C. The summed E-state index contributed by atoms with van der Waals surface area (Å²) in [6, 6.07) is 13.7. The number of halogens is 1. The van der Waals surface area contributed by atoms with Gasteiger partial charge in [0, 0.05) is 17.1 Å². The lowest BCUT2D eigenvalue weighted by Crippen LogP contribution is -2.12. The number of nitrogens with one attached hydrogen (secondary N) is 1. The number of benzene rings is 2. The number of rotatable bonds is 5. The molecule has 2 rings (SSSR count). The highest BCUT2D eigenvalue weighted by Crippen LogP contribution is 2.29. The predicted octanol–water partition coefficient (Wildman–Crippen LogP) is 4.55. The van der Waals surface area contributed by atoms with E-state index in [4.69, 9.17) is 16.3 Å². The molecule has 100 valence electrons. The van der Waals surface area contributed by atoms with Gasteiger partial charge in [0.25, 0.3) is 0 Å². The molecule has 0 spiro atoms. The third kappa shape index (κ3) is 3.72. The second-order valence-electron chi connectivity index (χ2n) is 4.40. The van der Waals surface area contributed by atoms with E-state index >= 15 is 0 Å². The van der Waals surface area contributed by atoms with Gasteiger partial charge in [-0.25, -0.2) is 0 Å². The molecule has 2 nitrogen and oxygen atoms in total. The first-order valence-corrected chi connectivity index (χ1v) is 6.81. The quantitative estimate of drug-likeness (QED) is 0.864. The molecule has 0 bridgehead atoms. The van der Waals surface area contributed by atoms with Crippen molar-refractivity contribution in [2.24, 2.45) is 0 Å². The highest BCUT2D eigenvalue weighted by atomic mass is 35.5. The highest BCUT2D eigenvalue weighted by Gasteiger charge is 2.07. The van der Waals surface area contributed by atoms with Crippen LogP contribution in [0.4, 0.5) is 0 Å². The molecule has 1 N–H and O–H groups in total. The Kier molecular flexibility index (Phi) is 4.83. The summed E-state index contributed by atoms with van der Waals surface area (Å²) in [5.41, 5.74) is 2.18. The van der Waals surface area contributed by atoms with Gasteiger partial charge in [0.1, 0.15) is 11.5 Å². The molecule has 2 aromatic carbocycles. The lowest BCUT2D eigenvalue weighted by Gasteiger charge is -2.13. The summed E-state index contributed by atoms with van der Waals surface area (Å²) in [5.74, 6) is 1.72. The van der Waals surface area contributed by atoms with Gasteiger partial charge in [-0.15, -0.1) is 0 Å². The van der Waals surface area contributed by atoms with Crippen molar-refractivity contribution in [2.75, 3.05) is 6.54 Å². The monoisotopic (exact) mass is 275 g/mol. The molecule has 0 unspecified atom stereocenters. The lowest BCUT2D eigenvalue weighted by molar-refractivity contribution is 0.470. The van der Waals surface area contributed by atoms with E-state index in [9.17, 15) is 0 Å². The molecule has 0 saturated heterocycles. The smallest absolute Gasteiger partial charge is 0.132 e. The molecule has 0 aliphatic heterocycles. The minimum absolute atomic E-state index is 0.727. The Labute approximate surface area is 119 Å². The third-order valence-electron chi connectivity index (χ3n) is 2.90. The van der Waals surface area contributed by atoms with Gasteiger partial charge in [-0.2, -0.15) is 0 Å². The van der Waals surface area contributed by atoms with Gasteiger partial charge in [0.2, 0.25) is 0 Å². The Morgan fingerprint density at radius 2 is 1.89 bits per heavy atom. The first kappa shape index (κ1) is 13.9. The van der Waals surface area contributed by atoms with Gasteiger partial charge in [-0.1, -0.05) is 36.7 Å². The number of para-hydroxylation sites is 1. The van der Waals surface area contributed by atoms with Crippen molar-refractivity contribution in [3.8, 4) is 11.5 Å². The summed E-state index contributed by atoms with van der Waals surface area (Å²) >= 11 is 6.05. The average Bonchev–Trinajstić information content (AvgIpc) is 2.41. The Morgan fingerprint density at radius 1 is 1.11 bits per heavy atom. The van der Waals surface area contributed by atoms with Crippen LogP contribution in [0.25, 0.3) is 0 Å². The van der Waals surface area contributed by atoms with Gasteiger partial charge >= 0.3 is 0 Å². The van der Waals surface area contributed by atoms with Gasteiger partial charge in [0.15, 0.2) is 0 Å². The van der Waals surface area contributed by atoms with Crippen LogP contribution in [0.5, 0.6) is 11.5 Å². The first-order chi connectivity index (χ1) is 9.20. The standard InChI is InChI=1S/C16H18ClNO/c1-3-18-11-13-10-14(17)8-9-16(13)19-15-7-5-4-6-12(15)2/h4-10,18H,3,11H2,1-2H3. The van der Waals surface area contributed by atoms with E-state index in [-0.39, 0.29) is 0 Å². The Bertz CT molecular complexity index is 554. The van der Waals surface area contributed by atoms with Crippen LogP contribution in [0.3, 0.4) is 0 Å². The van der Waals surface area contributed by atoms with Gasteiger partial charge in [-0.3, -0.25) is 0 Å². The molecule has 0 aliphatic carbocycles. The van der Waals surface area contributed by atoms with Crippen molar-refractivity contribution in [1.29, 1.82) is 0 Å². The lowest BCUT2D eigenvalue weighted by atomic mass is 10.2. The van der Waals surface area contributed by atoms with Crippen molar-refractivity contribution in [3.63, 3.8) is 0 Å². The Balaban J connectivity index is 2.26.